The average molecular weight is 327 g/mol. The molecule has 1 rings (SSSR count). The topological polar surface area (TPSA) is 26.3 Å². The van der Waals surface area contributed by atoms with E-state index in [1.54, 1.807) is 0 Å². The van der Waals surface area contributed by atoms with Gasteiger partial charge in [-0.15, -0.1) is 0 Å². The van der Waals surface area contributed by atoms with Crippen molar-refractivity contribution in [1.82, 2.24) is 0 Å². The third kappa shape index (κ3) is 6.12. The maximum atomic E-state index is 13.0. The molecule has 2 heteroatoms. The summed E-state index contributed by atoms with van der Waals surface area (Å²) in [5, 5.41) is 0. The Hall–Kier alpha value is -0.530. The molecular weight excluding hydrogens is 284 g/mol. The molecule has 2 atom stereocenters. The van der Waals surface area contributed by atoms with E-state index >= 15 is 0 Å². The van der Waals surface area contributed by atoms with Crippen molar-refractivity contribution in [3.05, 3.63) is 0 Å². The van der Waals surface area contributed by atoms with E-state index in [1.165, 1.54) is 19.3 Å². The molecule has 2 unspecified atom stereocenters. The van der Waals surface area contributed by atoms with E-state index in [1.807, 2.05) is 13.8 Å². The van der Waals surface area contributed by atoms with Gasteiger partial charge in [-0.2, -0.15) is 0 Å². The lowest BCUT2D eigenvalue weighted by atomic mass is 9.71. The van der Waals surface area contributed by atoms with Crippen LogP contribution in [0.3, 0.4) is 0 Å². The highest BCUT2D eigenvalue weighted by Gasteiger charge is 2.44. The molecule has 0 N–H and O–H groups in total. The first-order chi connectivity index (χ1) is 10.8. The number of hydrogen-bond acceptors (Lipinski definition) is 2. The fraction of sp³-hybridized carbons (Fsp3) is 0.952. The fourth-order valence-electron chi connectivity index (χ4n) is 3.82. The molecule has 1 saturated carbocycles. The number of ether oxygens (including phenoxy) is 1. The van der Waals surface area contributed by atoms with Crippen molar-refractivity contribution in [2.24, 2.45) is 17.3 Å². The van der Waals surface area contributed by atoms with Crippen LogP contribution in [0, 0.1) is 17.3 Å². The molecule has 0 aliphatic heterocycles. The maximum absolute atomic E-state index is 13.0. The van der Waals surface area contributed by atoms with Crippen LogP contribution in [0.15, 0.2) is 0 Å². The second-order valence-corrected chi connectivity index (χ2v) is 7.81. The molecule has 23 heavy (non-hydrogen) atoms. The van der Waals surface area contributed by atoms with Crippen LogP contribution in [0.1, 0.15) is 107 Å². The van der Waals surface area contributed by atoms with Crippen molar-refractivity contribution in [3.63, 3.8) is 0 Å². The van der Waals surface area contributed by atoms with Gasteiger partial charge in [-0.25, -0.2) is 0 Å². The van der Waals surface area contributed by atoms with Gasteiger partial charge in [-0.3, -0.25) is 4.79 Å². The maximum Gasteiger partial charge on any atom is 0.312 e. The van der Waals surface area contributed by atoms with Crippen molar-refractivity contribution in [1.29, 1.82) is 0 Å². The summed E-state index contributed by atoms with van der Waals surface area (Å²) in [5.74, 6) is 0.930. The molecule has 138 valence electrons. The SMILES string of the molecule is CC.CCC(C)C(C)(CC(C)C)C(=O)OC1(CC)CCCCC1. The monoisotopic (exact) mass is 326 g/mol. The van der Waals surface area contributed by atoms with Gasteiger partial charge in [0.15, 0.2) is 0 Å². The second-order valence-electron chi connectivity index (χ2n) is 7.81. The van der Waals surface area contributed by atoms with Crippen molar-refractivity contribution in [3.8, 4) is 0 Å². The molecule has 0 saturated heterocycles. The first kappa shape index (κ1) is 22.5. The summed E-state index contributed by atoms with van der Waals surface area (Å²) in [5.41, 5.74) is -0.524. The summed E-state index contributed by atoms with van der Waals surface area (Å²) >= 11 is 0. The van der Waals surface area contributed by atoms with Crippen LogP contribution in [0.5, 0.6) is 0 Å². The lowest BCUT2D eigenvalue weighted by Crippen LogP contribution is -2.44. The van der Waals surface area contributed by atoms with Gasteiger partial charge in [0.1, 0.15) is 5.60 Å². The fourth-order valence-corrected chi connectivity index (χ4v) is 3.82. The van der Waals surface area contributed by atoms with Gasteiger partial charge in [0.2, 0.25) is 0 Å². The van der Waals surface area contributed by atoms with Crippen molar-refractivity contribution < 1.29 is 9.53 Å². The quantitative estimate of drug-likeness (QED) is 0.483. The standard InChI is InChI=1S/C19H36O2.C2H6/c1-7-16(5)18(6,14-15(3)4)17(20)21-19(8-2)12-10-9-11-13-19;1-2/h15-16H,7-14H2,1-6H3;1-2H3. The molecule has 2 nitrogen and oxygen atoms in total. The van der Waals surface area contributed by atoms with Crippen LogP contribution in [-0.2, 0) is 9.53 Å². The minimum atomic E-state index is -0.345. The van der Waals surface area contributed by atoms with E-state index in [4.69, 9.17) is 4.74 Å². The summed E-state index contributed by atoms with van der Waals surface area (Å²) in [6.07, 6.45) is 8.68. The van der Waals surface area contributed by atoms with Gasteiger partial charge >= 0.3 is 5.97 Å². The molecule has 0 spiro atoms. The summed E-state index contributed by atoms with van der Waals surface area (Å²) in [6, 6.07) is 0. The predicted octanol–water partition coefficient (Wildman–Crippen LogP) is 6.77. The first-order valence-corrected chi connectivity index (χ1v) is 10.0. The van der Waals surface area contributed by atoms with Crippen molar-refractivity contribution in [2.45, 2.75) is 112 Å². The summed E-state index contributed by atoms with van der Waals surface area (Å²) in [6.45, 7) is 17.1. The lowest BCUT2D eigenvalue weighted by molar-refractivity contribution is -0.180. The minimum Gasteiger partial charge on any atom is -0.459 e. The van der Waals surface area contributed by atoms with E-state index in [-0.39, 0.29) is 17.0 Å². The molecule has 1 aliphatic carbocycles. The molecule has 0 aromatic carbocycles. The van der Waals surface area contributed by atoms with E-state index in [2.05, 4.69) is 41.5 Å². The molecule has 0 radical (unpaired) electrons. The van der Waals surface area contributed by atoms with Crippen LogP contribution in [0.4, 0.5) is 0 Å². The highest BCUT2D eigenvalue weighted by atomic mass is 16.6. The lowest BCUT2D eigenvalue weighted by Gasteiger charge is -2.41. The Morgan fingerprint density at radius 1 is 1.09 bits per heavy atom. The minimum absolute atomic E-state index is 0.0503. The molecule has 0 aromatic heterocycles. The molecule has 1 fully saturated rings. The van der Waals surface area contributed by atoms with E-state index in [0.717, 1.165) is 32.1 Å². The summed E-state index contributed by atoms with van der Waals surface area (Å²) < 4.78 is 6.18. The Balaban J connectivity index is 0.00000232. The Morgan fingerprint density at radius 3 is 2.00 bits per heavy atom. The number of esters is 1. The van der Waals surface area contributed by atoms with Crippen LogP contribution < -0.4 is 0 Å². The van der Waals surface area contributed by atoms with Gasteiger partial charge < -0.3 is 4.74 Å². The van der Waals surface area contributed by atoms with Crippen molar-refractivity contribution >= 4 is 5.97 Å². The smallest absolute Gasteiger partial charge is 0.312 e. The van der Waals surface area contributed by atoms with Gasteiger partial charge in [-0.1, -0.05) is 61.3 Å². The number of rotatable bonds is 7. The molecule has 1 aliphatic rings. The van der Waals surface area contributed by atoms with E-state index < -0.39 is 0 Å². The largest absolute Gasteiger partial charge is 0.459 e. The highest BCUT2D eigenvalue weighted by molar-refractivity contribution is 5.77. The Kier molecular flexibility index (Phi) is 10.1. The third-order valence-electron chi connectivity index (χ3n) is 5.72. The Morgan fingerprint density at radius 2 is 1.61 bits per heavy atom. The second kappa shape index (κ2) is 10.4. The molecule has 0 aromatic rings. The van der Waals surface area contributed by atoms with Gasteiger partial charge in [0, 0.05) is 0 Å². The average Bonchev–Trinajstić information content (AvgIpc) is 2.55. The third-order valence-corrected chi connectivity index (χ3v) is 5.72. The molecular formula is C21H42O2. The number of hydrogen-bond donors (Lipinski definition) is 0. The zero-order valence-corrected chi connectivity index (χ0v) is 17.1. The first-order valence-electron chi connectivity index (χ1n) is 10.0. The van der Waals surface area contributed by atoms with E-state index in [9.17, 15) is 4.79 Å². The normalized spacial score (nSPS) is 20.9. The number of carbonyl (C=O) groups is 1. The van der Waals surface area contributed by atoms with Crippen LogP contribution in [0.25, 0.3) is 0 Å². The molecule has 0 bridgehead atoms. The number of carbonyl (C=O) groups excluding carboxylic acids is 1. The van der Waals surface area contributed by atoms with Crippen molar-refractivity contribution in [2.75, 3.05) is 0 Å². The van der Waals surface area contributed by atoms with Crippen LogP contribution in [-0.4, -0.2) is 11.6 Å². The van der Waals surface area contributed by atoms with Gasteiger partial charge in [0.25, 0.3) is 0 Å². The molecule has 0 heterocycles. The predicted molar refractivity (Wildman–Crippen MR) is 101 cm³/mol. The van der Waals surface area contributed by atoms with Gasteiger partial charge in [0.05, 0.1) is 5.41 Å². The van der Waals surface area contributed by atoms with Gasteiger partial charge in [-0.05, 0) is 57.3 Å². The summed E-state index contributed by atoms with van der Waals surface area (Å²) in [7, 11) is 0. The zero-order chi connectivity index (χ0) is 18.1. The zero-order valence-electron chi connectivity index (χ0n) is 17.1. The van der Waals surface area contributed by atoms with E-state index in [0.29, 0.717) is 11.8 Å². The highest BCUT2D eigenvalue weighted by Crippen LogP contribution is 2.42. The molecule has 0 amide bonds. The van der Waals surface area contributed by atoms with Crippen LogP contribution >= 0.6 is 0 Å². The summed E-state index contributed by atoms with van der Waals surface area (Å²) in [4.78, 5) is 13.0. The Bertz CT molecular complexity index is 329. The Labute approximate surface area is 145 Å². The van der Waals surface area contributed by atoms with Crippen LogP contribution in [0.2, 0.25) is 0 Å².